The van der Waals surface area contributed by atoms with Gasteiger partial charge < -0.3 is 14.2 Å². The van der Waals surface area contributed by atoms with Gasteiger partial charge in [-0.05, 0) is 89.9 Å². The molecule has 0 fully saturated rings. The third-order valence-corrected chi connectivity index (χ3v) is 11.6. The van der Waals surface area contributed by atoms with Gasteiger partial charge in [-0.25, -0.2) is 0 Å². The van der Waals surface area contributed by atoms with Crippen molar-refractivity contribution in [3.8, 4) is 0 Å². The highest BCUT2D eigenvalue weighted by Gasteiger charge is 2.19. The lowest BCUT2D eigenvalue weighted by atomic mass is 10.1. The van der Waals surface area contributed by atoms with Crippen LogP contribution in [-0.2, 0) is 28.6 Å². The van der Waals surface area contributed by atoms with E-state index in [1.54, 1.807) is 0 Å². The van der Waals surface area contributed by atoms with Gasteiger partial charge in [-0.1, -0.05) is 211 Å². The van der Waals surface area contributed by atoms with Crippen molar-refractivity contribution in [3.05, 3.63) is 48.6 Å². The summed E-state index contributed by atoms with van der Waals surface area (Å²) in [5.74, 6) is -0.939. The first kappa shape index (κ1) is 59.4. The molecule has 360 valence electrons. The van der Waals surface area contributed by atoms with Crippen LogP contribution in [0.25, 0.3) is 0 Å². The predicted molar refractivity (Wildman–Crippen MR) is 265 cm³/mol. The van der Waals surface area contributed by atoms with E-state index < -0.39 is 6.10 Å². The standard InChI is InChI=1S/C56H100O6/c1-4-7-10-13-16-19-21-23-25-27-29-30-32-34-37-40-43-46-49-55(58)61-52-53(51-60-54(57)48-45-42-39-36-18-15-12-9-6-3)62-56(59)50-47-44-41-38-35-33-31-28-26-24-22-20-17-14-11-8-5-2/h24-27,29-30,36,39,53H,4-23,28,31-35,37-38,40-52H2,1-3H3/b26-24-,27-25-,30-29-,39-36-. The lowest BCUT2D eigenvalue weighted by molar-refractivity contribution is -0.167. The Morgan fingerprint density at radius 3 is 0.984 bits per heavy atom. The van der Waals surface area contributed by atoms with Crippen LogP contribution >= 0.6 is 0 Å². The number of allylic oxidation sites excluding steroid dienone is 8. The zero-order valence-corrected chi connectivity index (χ0v) is 41.1. The smallest absolute Gasteiger partial charge is 0.306 e. The van der Waals surface area contributed by atoms with E-state index >= 15 is 0 Å². The summed E-state index contributed by atoms with van der Waals surface area (Å²) >= 11 is 0. The largest absolute Gasteiger partial charge is 0.462 e. The molecule has 0 aliphatic carbocycles. The lowest BCUT2D eigenvalue weighted by Gasteiger charge is -2.18. The molecule has 62 heavy (non-hydrogen) atoms. The summed E-state index contributed by atoms with van der Waals surface area (Å²) in [6, 6.07) is 0. The van der Waals surface area contributed by atoms with Gasteiger partial charge in [-0.15, -0.1) is 0 Å². The van der Waals surface area contributed by atoms with E-state index in [9.17, 15) is 14.4 Å². The van der Waals surface area contributed by atoms with E-state index in [1.165, 1.54) is 154 Å². The fraction of sp³-hybridized carbons (Fsp3) is 0.804. The van der Waals surface area contributed by atoms with Gasteiger partial charge in [0.2, 0.25) is 0 Å². The van der Waals surface area contributed by atoms with Crippen molar-refractivity contribution < 1.29 is 28.6 Å². The number of hydrogen-bond acceptors (Lipinski definition) is 6. The molecule has 0 aromatic heterocycles. The minimum absolute atomic E-state index is 0.0906. The van der Waals surface area contributed by atoms with Crippen LogP contribution in [0.2, 0.25) is 0 Å². The van der Waals surface area contributed by atoms with E-state index in [0.717, 1.165) is 70.6 Å². The van der Waals surface area contributed by atoms with Gasteiger partial charge in [-0.3, -0.25) is 14.4 Å². The van der Waals surface area contributed by atoms with Crippen molar-refractivity contribution in [1.29, 1.82) is 0 Å². The molecule has 1 unspecified atom stereocenters. The molecule has 6 nitrogen and oxygen atoms in total. The van der Waals surface area contributed by atoms with Crippen LogP contribution in [0.1, 0.15) is 271 Å². The molecule has 0 rings (SSSR count). The summed E-state index contributed by atoms with van der Waals surface area (Å²) in [6.07, 6.45) is 61.1. The summed E-state index contributed by atoms with van der Waals surface area (Å²) in [7, 11) is 0. The molecule has 0 amide bonds. The molecule has 0 heterocycles. The number of esters is 3. The van der Waals surface area contributed by atoms with Crippen molar-refractivity contribution in [2.24, 2.45) is 0 Å². The molecule has 0 bridgehead atoms. The van der Waals surface area contributed by atoms with Gasteiger partial charge in [-0.2, -0.15) is 0 Å². The van der Waals surface area contributed by atoms with Crippen LogP contribution in [0.15, 0.2) is 48.6 Å². The molecule has 6 heteroatoms. The van der Waals surface area contributed by atoms with Crippen molar-refractivity contribution in [2.45, 2.75) is 277 Å². The van der Waals surface area contributed by atoms with Crippen molar-refractivity contribution in [2.75, 3.05) is 13.2 Å². The Balaban J connectivity index is 4.35. The minimum Gasteiger partial charge on any atom is -0.462 e. The fourth-order valence-corrected chi connectivity index (χ4v) is 7.49. The maximum atomic E-state index is 12.8. The monoisotopic (exact) mass is 869 g/mol. The Bertz CT molecular complexity index is 1090. The van der Waals surface area contributed by atoms with Gasteiger partial charge in [0, 0.05) is 19.3 Å². The van der Waals surface area contributed by atoms with E-state index in [1.807, 2.05) is 0 Å². The average Bonchev–Trinajstić information content (AvgIpc) is 3.27. The molecule has 0 aliphatic rings. The third kappa shape index (κ3) is 48.4. The summed E-state index contributed by atoms with van der Waals surface area (Å²) in [5, 5.41) is 0. The molecule has 0 radical (unpaired) electrons. The fourth-order valence-electron chi connectivity index (χ4n) is 7.49. The summed E-state index contributed by atoms with van der Waals surface area (Å²) < 4.78 is 16.7. The molecule has 0 saturated carbocycles. The van der Waals surface area contributed by atoms with Crippen LogP contribution in [0.5, 0.6) is 0 Å². The topological polar surface area (TPSA) is 78.9 Å². The van der Waals surface area contributed by atoms with Gasteiger partial charge in [0.05, 0.1) is 0 Å². The first-order valence-electron chi connectivity index (χ1n) is 26.7. The zero-order valence-electron chi connectivity index (χ0n) is 41.1. The molecule has 0 N–H and O–H groups in total. The normalized spacial score (nSPS) is 12.4. The quantitative estimate of drug-likeness (QED) is 0.0199. The van der Waals surface area contributed by atoms with Gasteiger partial charge in [0.1, 0.15) is 13.2 Å². The second kappa shape index (κ2) is 51.0. The summed E-state index contributed by atoms with van der Waals surface area (Å²) in [6.45, 7) is 6.57. The highest BCUT2D eigenvalue weighted by molar-refractivity contribution is 5.71. The number of rotatable bonds is 48. The molecule has 0 aromatic carbocycles. The van der Waals surface area contributed by atoms with Crippen LogP contribution in [0, 0.1) is 0 Å². The highest BCUT2D eigenvalue weighted by atomic mass is 16.6. The van der Waals surface area contributed by atoms with E-state index in [2.05, 4.69) is 69.4 Å². The Labute approximate surface area is 384 Å². The van der Waals surface area contributed by atoms with Gasteiger partial charge in [0.25, 0.3) is 0 Å². The number of hydrogen-bond donors (Lipinski definition) is 0. The maximum Gasteiger partial charge on any atom is 0.306 e. The first-order valence-corrected chi connectivity index (χ1v) is 26.7. The zero-order chi connectivity index (χ0) is 45.1. The van der Waals surface area contributed by atoms with Crippen LogP contribution < -0.4 is 0 Å². The SMILES string of the molecule is CCCCCC/C=C\CCCC(=O)OCC(COC(=O)CCCCCCC/C=C\C=C/CCCCCCCCC)OC(=O)CCCCCCCCC/C=C\CCCCCCCC. The molecular formula is C56H100O6. The van der Waals surface area contributed by atoms with Gasteiger partial charge in [0.15, 0.2) is 6.10 Å². The van der Waals surface area contributed by atoms with E-state index in [0.29, 0.717) is 25.7 Å². The number of unbranched alkanes of at least 4 members (excludes halogenated alkanes) is 30. The first-order chi connectivity index (χ1) is 30.5. The maximum absolute atomic E-state index is 12.8. The average molecular weight is 869 g/mol. The van der Waals surface area contributed by atoms with Crippen molar-refractivity contribution >= 4 is 17.9 Å². The molecule has 0 aromatic rings. The summed E-state index contributed by atoms with van der Waals surface area (Å²) in [4.78, 5) is 37.9. The van der Waals surface area contributed by atoms with Crippen LogP contribution in [-0.4, -0.2) is 37.2 Å². The molecule has 0 saturated heterocycles. The van der Waals surface area contributed by atoms with Crippen molar-refractivity contribution in [1.82, 2.24) is 0 Å². The highest BCUT2D eigenvalue weighted by Crippen LogP contribution is 2.14. The predicted octanol–water partition coefficient (Wildman–Crippen LogP) is 17.5. The minimum atomic E-state index is -0.790. The lowest BCUT2D eigenvalue weighted by Crippen LogP contribution is -2.30. The Morgan fingerprint density at radius 2 is 0.597 bits per heavy atom. The van der Waals surface area contributed by atoms with E-state index in [4.69, 9.17) is 14.2 Å². The Hall–Kier alpha value is -2.63. The molecule has 1 atom stereocenters. The number of ether oxygens (including phenoxy) is 3. The second-order valence-corrected chi connectivity index (χ2v) is 17.8. The van der Waals surface area contributed by atoms with Crippen LogP contribution in [0.3, 0.4) is 0 Å². The van der Waals surface area contributed by atoms with Crippen molar-refractivity contribution in [3.63, 3.8) is 0 Å². The molecule has 0 aliphatic heterocycles. The van der Waals surface area contributed by atoms with Gasteiger partial charge >= 0.3 is 17.9 Å². The molecular weight excluding hydrogens is 769 g/mol. The van der Waals surface area contributed by atoms with Crippen LogP contribution in [0.4, 0.5) is 0 Å². The number of carbonyl (C=O) groups excluding carboxylic acids is 3. The van der Waals surface area contributed by atoms with E-state index in [-0.39, 0.29) is 31.1 Å². The third-order valence-electron chi connectivity index (χ3n) is 11.6. The Morgan fingerprint density at radius 1 is 0.323 bits per heavy atom. The molecule has 0 spiro atoms. The second-order valence-electron chi connectivity index (χ2n) is 17.8. The summed E-state index contributed by atoms with van der Waals surface area (Å²) in [5.41, 5.74) is 0. The number of carbonyl (C=O) groups is 3. The Kier molecular flexibility index (Phi) is 48.8.